The molecule has 0 bridgehead atoms. The van der Waals surface area contributed by atoms with E-state index in [0.717, 1.165) is 167 Å². The minimum absolute atomic E-state index is 0. The van der Waals surface area contributed by atoms with Gasteiger partial charge in [-0.05, 0) is 138 Å². The number of rotatable bonds is 15. The smallest absolute Gasteiger partial charge is 0.305 e. The molecule has 0 amide bonds. The topological polar surface area (TPSA) is 38.7 Å². The standard InChI is InChI=1S/C93H60N3.Ir/c1-4-25-64(26-5-1)67-31-22-34-70(55-67)88-61-73(91-43-16-19-52-94-91)46-49-85(88)82-40-13-10-37-79(82)76-58-77(80-38-11-14-41-83(80)86-50-47-74(92-44-17-20-53-95-92)62-89(86)71-35-23-32-68(56-71)65-27-6-2-7-28-65)60-78(59-76)81-39-12-15-42-84(81)87-51-48-75(93-45-18-21-54-96-93)63-90(87)72-36-24-33-69(57-72)66-29-8-3-9-30-66;/h1-46,50-63H;/q-3;+3. The maximum atomic E-state index is 4.84. The number of nitrogens with zero attached hydrogens (tertiary/aromatic N) is 3. The van der Waals surface area contributed by atoms with Crippen LogP contribution in [0.5, 0.6) is 0 Å². The number of aromatic nitrogens is 3. The summed E-state index contributed by atoms with van der Waals surface area (Å²) in [6.45, 7) is 0. The molecule has 0 aliphatic heterocycles. The fourth-order valence-corrected chi connectivity index (χ4v) is 13.4. The van der Waals surface area contributed by atoms with E-state index in [4.69, 9.17) is 15.0 Å². The molecule has 0 spiro atoms. The zero-order chi connectivity index (χ0) is 64.0. The molecule has 3 aromatic heterocycles. The zero-order valence-electron chi connectivity index (χ0n) is 52.8. The van der Waals surface area contributed by atoms with Crippen LogP contribution in [0.2, 0.25) is 0 Å². The first-order valence-electron chi connectivity index (χ1n) is 32.4. The Hall–Kier alpha value is -12.0. The number of hydrogen-bond donors (Lipinski definition) is 0. The van der Waals surface area contributed by atoms with E-state index >= 15 is 0 Å². The van der Waals surface area contributed by atoms with Gasteiger partial charge in [-0.1, -0.05) is 310 Å². The van der Waals surface area contributed by atoms with Crippen LogP contribution in [0.4, 0.5) is 0 Å². The Bertz CT molecular complexity index is 4890. The first-order valence-corrected chi connectivity index (χ1v) is 32.4. The molecule has 0 N–H and O–H groups in total. The van der Waals surface area contributed by atoms with Crippen molar-refractivity contribution in [3.05, 3.63) is 383 Å². The van der Waals surface area contributed by atoms with Crippen molar-refractivity contribution in [2.75, 3.05) is 0 Å². The van der Waals surface area contributed by atoms with Crippen LogP contribution < -0.4 is 0 Å². The van der Waals surface area contributed by atoms with Crippen LogP contribution in [-0.4, -0.2) is 15.0 Å². The van der Waals surface area contributed by atoms with Crippen LogP contribution in [0.1, 0.15) is 0 Å². The van der Waals surface area contributed by atoms with E-state index < -0.39 is 0 Å². The molecule has 16 aromatic rings. The van der Waals surface area contributed by atoms with E-state index in [1.165, 1.54) is 0 Å². The molecule has 97 heavy (non-hydrogen) atoms. The molecule has 4 heteroatoms. The summed E-state index contributed by atoms with van der Waals surface area (Å²) in [7, 11) is 0. The van der Waals surface area contributed by atoms with E-state index in [2.05, 4.69) is 328 Å². The largest absolute Gasteiger partial charge is 3.00 e. The van der Waals surface area contributed by atoms with E-state index in [-0.39, 0.29) is 20.1 Å². The van der Waals surface area contributed by atoms with Crippen molar-refractivity contribution in [2.24, 2.45) is 0 Å². The third-order valence-corrected chi connectivity index (χ3v) is 18.0. The fourth-order valence-electron chi connectivity index (χ4n) is 13.4. The minimum Gasteiger partial charge on any atom is -0.305 e. The molecule has 456 valence electrons. The molecule has 0 unspecified atom stereocenters. The van der Waals surface area contributed by atoms with Crippen molar-refractivity contribution in [3.8, 4) is 167 Å². The normalized spacial score (nSPS) is 11.0. The van der Waals surface area contributed by atoms with Gasteiger partial charge in [0.15, 0.2) is 0 Å². The summed E-state index contributed by atoms with van der Waals surface area (Å²) >= 11 is 0. The number of pyridine rings is 3. The summed E-state index contributed by atoms with van der Waals surface area (Å²) in [6, 6.07) is 135. The van der Waals surface area contributed by atoms with E-state index in [9.17, 15) is 0 Å². The van der Waals surface area contributed by atoms with Crippen molar-refractivity contribution in [1.29, 1.82) is 0 Å². The van der Waals surface area contributed by atoms with Gasteiger partial charge in [0, 0.05) is 24.3 Å². The van der Waals surface area contributed by atoms with Crippen molar-refractivity contribution in [2.45, 2.75) is 0 Å². The van der Waals surface area contributed by atoms with Gasteiger partial charge in [-0.15, -0.1) is 76.9 Å². The molecule has 0 saturated heterocycles. The van der Waals surface area contributed by atoms with Gasteiger partial charge in [0.05, 0.1) is 0 Å². The van der Waals surface area contributed by atoms with Crippen molar-refractivity contribution in [1.82, 2.24) is 15.0 Å². The number of benzene rings is 13. The second-order valence-corrected chi connectivity index (χ2v) is 23.9. The molecule has 0 fully saturated rings. The molecule has 0 aliphatic carbocycles. The summed E-state index contributed by atoms with van der Waals surface area (Å²) in [5.41, 5.74) is 31.5. The minimum atomic E-state index is 0. The Balaban J connectivity index is 0.00000770. The molecule has 3 heterocycles. The van der Waals surface area contributed by atoms with Gasteiger partial charge < -0.3 is 9.97 Å². The van der Waals surface area contributed by atoms with E-state index in [1.807, 2.05) is 55.0 Å². The van der Waals surface area contributed by atoms with Crippen LogP contribution in [-0.2, 0) is 20.1 Å². The SMILES string of the molecule is [Ir+3].[c-]1cc(-c2ccccc2-c2cc(-c3ccccc3-c3[c-]cc(-c4ccccn4)cc3-c3cccc(-c4ccccc4)c3)cc(-c3ccccc3-c3c[c-]c(-c4ccccn4)cc3-c3cccc(-c4ccccc4)c3)c2)c(-c2cccc(-c3ccccc3)c2)cc1-c1ccccn1. The average molecular weight is 1410 g/mol. The Kier molecular flexibility index (Phi) is 17.6. The third-order valence-electron chi connectivity index (χ3n) is 18.0. The summed E-state index contributed by atoms with van der Waals surface area (Å²) in [5.74, 6) is 0. The third kappa shape index (κ3) is 12.8. The molecule has 0 aliphatic rings. The van der Waals surface area contributed by atoms with Crippen LogP contribution in [0, 0.1) is 18.2 Å². The maximum absolute atomic E-state index is 4.84. The van der Waals surface area contributed by atoms with Gasteiger partial charge in [-0.2, -0.15) is 0 Å². The summed E-state index contributed by atoms with van der Waals surface area (Å²) in [4.78, 5) is 14.5. The van der Waals surface area contributed by atoms with Gasteiger partial charge in [0.2, 0.25) is 0 Å². The van der Waals surface area contributed by atoms with Gasteiger partial charge in [-0.25, -0.2) is 0 Å². The van der Waals surface area contributed by atoms with Crippen LogP contribution in [0.15, 0.2) is 364 Å². The Morgan fingerprint density at radius 1 is 0.175 bits per heavy atom. The number of hydrogen-bond acceptors (Lipinski definition) is 3. The van der Waals surface area contributed by atoms with Crippen molar-refractivity contribution >= 4 is 0 Å². The fraction of sp³-hybridized carbons (Fsp3) is 0. The van der Waals surface area contributed by atoms with Crippen LogP contribution in [0.25, 0.3) is 167 Å². The monoisotopic (exact) mass is 1410 g/mol. The first kappa shape index (κ1) is 61.2. The molecule has 0 atom stereocenters. The average Bonchev–Trinajstić information content (AvgIpc) is 0.829. The predicted octanol–water partition coefficient (Wildman–Crippen LogP) is 24.3. The Morgan fingerprint density at radius 2 is 0.495 bits per heavy atom. The van der Waals surface area contributed by atoms with Gasteiger partial charge in [0.1, 0.15) is 0 Å². The zero-order valence-corrected chi connectivity index (χ0v) is 55.2. The van der Waals surface area contributed by atoms with Gasteiger partial charge in [0.25, 0.3) is 0 Å². The summed E-state index contributed by atoms with van der Waals surface area (Å²) in [6.07, 6.45) is 5.55. The maximum Gasteiger partial charge on any atom is 3.00 e. The molecule has 3 nitrogen and oxygen atoms in total. The van der Waals surface area contributed by atoms with Crippen LogP contribution in [0.3, 0.4) is 0 Å². The summed E-state index contributed by atoms with van der Waals surface area (Å²) in [5, 5.41) is 0. The molecule has 16 rings (SSSR count). The molecular weight excluding hydrogens is 1350 g/mol. The summed E-state index contributed by atoms with van der Waals surface area (Å²) < 4.78 is 0. The predicted molar refractivity (Wildman–Crippen MR) is 398 cm³/mol. The molecule has 0 radical (unpaired) electrons. The first-order chi connectivity index (χ1) is 47.6. The van der Waals surface area contributed by atoms with Crippen LogP contribution >= 0.6 is 0 Å². The van der Waals surface area contributed by atoms with Gasteiger partial charge in [-0.3, -0.25) is 4.98 Å². The molecule has 13 aromatic carbocycles. The van der Waals surface area contributed by atoms with Gasteiger partial charge >= 0.3 is 20.1 Å². The Labute approximate surface area is 580 Å². The van der Waals surface area contributed by atoms with E-state index in [1.54, 1.807) is 0 Å². The Morgan fingerprint density at radius 3 is 0.897 bits per heavy atom. The second kappa shape index (κ2) is 27.9. The quantitative estimate of drug-likeness (QED) is 0.0960. The molecule has 0 saturated carbocycles. The molecular formula is C93H60IrN3. The van der Waals surface area contributed by atoms with Crippen molar-refractivity contribution in [3.63, 3.8) is 0 Å². The van der Waals surface area contributed by atoms with Crippen molar-refractivity contribution < 1.29 is 20.1 Å². The van der Waals surface area contributed by atoms with E-state index in [0.29, 0.717) is 0 Å². The second-order valence-electron chi connectivity index (χ2n) is 23.9.